The SMILES string of the molecule is CC(Pc1ccccc1-c1ccccc1)C(C)Pc1ccccc1-c1ccccc1. The highest BCUT2D eigenvalue weighted by Crippen LogP contribution is 2.36. The lowest BCUT2D eigenvalue weighted by Crippen LogP contribution is -2.17. The molecule has 0 amide bonds. The van der Waals surface area contributed by atoms with Crippen LogP contribution in [0, 0.1) is 0 Å². The van der Waals surface area contributed by atoms with Gasteiger partial charge in [0.1, 0.15) is 0 Å². The van der Waals surface area contributed by atoms with Crippen molar-refractivity contribution in [1.82, 2.24) is 0 Å². The molecule has 0 saturated heterocycles. The van der Waals surface area contributed by atoms with Crippen LogP contribution in [0.5, 0.6) is 0 Å². The van der Waals surface area contributed by atoms with Crippen LogP contribution < -0.4 is 10.6 Å². The van der Waals surface area contributed by atoms with Crippen LogP contribution in [0.4, 0.5) is 0 Å². The van der Waals surface area contributed by atoms with Gasteiger partial charge in [0.2, 0.25) is 0 Å². The number of hydrogen-bond donors (Lipinski definition) is 0. The summed E-state index contributed by atoms with van der Waals surface area (Å²) in [6.07, 6.45) is 0. The molecule has 0 saturated carbocycles. The van der Waals surface area contributed by atoms with Crippen LogP contribution in [0.3, 0.4) is 0 Å². The van der Waals surface area contributed by atoms with Gasteiger partial charge in [-0.3, -0.25) is 0 Å². The molecule has 4 rings (SSSR count). The van der Waals surface area contributed by atoms with Gasteiger partial charge < -0.3 is 0 Å². The molecule has 150 valence electrons. The van der Waals surface area contributed by atoms with Crippen molar-refractivity contribution in [1.29, 1.82) is 0 Å². The molecule has 0 aliphatic carbocycles. The van der Waals surface area contributed by atoms with Crippen LogP contribution in [-0.2, 0) is 0 Å². The lowest BCUT2D eigenvalue weighted by molar-refractivity contribution is 0.921. The molecule has 0 heterocycles. The summed E-state index contributed by atoms with van der Waals surface area (Å²) >= 11 is 0. The summed E-state index contributed by atoms with van der Waals surface area (Å²) in [5.41, 5.74) is 6.66. The highest BCUT2D eigenvalue weighted by atomic mass is 31.1. The van der Waals surface area contributed by atoms with E-state index < -0.39 is 0 Å². The summed E-state index contributed by atoms with van der Waals surface area (Å²) in [5.74, 6) is 0. The number of hydrogen-bond acceptors (Lipinski definition) is 0. The van der Waals surface area contributed by atoms with Crippen molar-refractivity contribution in [3.63, 3.8) is 0 Å². The van der Waals surface area contributed by atoms with Crippen molar-refractivity contribution >= 4 is 27.8 Å². The van der Waals surface area contributed by atoms with Gasteiger partial charge in [0.25, 0.3) is 0 Å². The first-order valence-corrected chi connectivity index (χ1v) is 12.7. The quantitative estimate of drug-likeness (QED) is 0.276. The lowest BCUT2D eigenvalue weighted by Gasteiger charge is -2.23. The van der Waals surface area contributed by atoms with Gasteiger partial charge >= 0.3 is 0 Å². The third-order valence-corrected chi connectivity index (χ3v) is 9.28. The summed E-state index contributed by atoms with van der Waals surface area (Å²) < 4.78 is 0. The molecule has 2 heteroatoms. The Balaban J connectivity index is 1.52. The van der Waals surface area contributed by atoms with Crippen molar-refractivity contribution in [2.45, 2.75) is 25.2 Å². The fourth-order valence-electron chi connectivity index (χ4n) is 3.70. The van der Waals surface area contributed by atoms with E-state index in [0.717, 1.165) is 17.2 Å². The Kier molecular flexibility index (Phi) is 7.11. The van der Waals surface area contributed by atoms with Crippen LogP contribution in [0.2, 0.25) is 0 Å². The van der Waals surface area contributed by atoms with Gasteiger partial charge in [-0.25, -0.2) is 0 Å². The molecular weight excluding hydrogens is 398 g/mol. The molecule has 0 bridgehead atoms. The van der Waals surface area contributed by atoms with Crippen molar-refractivity contribution in [2.75, 3.05) is 0 Å². The maximum Gasteiger partial charge on any atom is -0.0110 e. The largest absolute Gasteiger partial charge is 0.0862 e. The minimum absolute atomic E-state index is 0.636. The molecular formula is C28H28P2. The van der Waals surface area contributed by atoms with E-state index in [1.54, 1.807) is 0 Å². The van der Waals surface area contributed by atoms with Gasteiger partial charge in [0.05, 0.1) is 0 Å². The minimum Gasteiger partial charge on any atom is -0.0862 e. The first-order chi connectivity index (χ1) is 14.7. The Labute approximate surface area is 184 Å². The summed E-state index contributed by atoms with van der Waals surface area (Å²) in [4.78, 5) is 0. The average Bonchev–Trinajstić information content (AvgIpc) is 2.81. The van der Waals surface area contributed by atoms with Gasteiger partial charge in [0.15, 0.2) is 0 Å². The minimum atomic E-state index is 0.636. The molecule has 0 aliphatic heterocycles. The zero-order chi connectivity index (χ0) is 20.8. The first kappa shape index (κ1) is 21.0. The van der Waals surface area contributed by atoms with Crippen molar-refractivity contribution in [3.8, 4) is 22.3 Å². The van der Waals surface area contributed by atoms with E-state index in [4.69, 9.17) is 0 Å². The predicted molar refractivity (Wildman–Crippen MR) is 139 cm³/mol. The van der Waals surface area contributed by atoms with Gasteiger partial charge in [-0.1, -0.05) is 140 Å². The summed E-state index contributed by atoms with van der Waals surface area (Å²) in [7, 11) is 1.61. The van der Waals surface area contributed by atoms with E-state index >= 15 is 0 Å². The van der Waals surface area contributed by atoms with Crippen LogP contribution in [0.15, 0.2) is 109 Å². The highest BCUT2D eigenvalue weighted by Gasteiger charge is 2.17. The molecule has 0 aliphatic rings. The monoisotopic (exact) mass is 426 g/mol. The Bertz CT molecular complexity index is 985. The van der Waals surface area contributed by atoms with Crippen molar-refractivity contribution < 1.29 is 0 Å². The third kappa shape index (κ3) is 5.07. The number of rotatable bonds is 7. The molecule has 4 aromatic carbocycles. The molecule has 0 nitrogen and oxygen atoms in total. The molecule has 30 heavy (non-hydrogen) atoms. The zero-order valence-electron chi connectivity index (χ0n) is 17.5. The summed E-state index contributed by atoms with van der Waals surface area (Å²) in [6.45, 7) is 4.84. The van der Waals surface area contributed by atoms with Crippen LogP contribution in [0.25, 0.3) is 22.3 Å². The second kappa shape index (κ2) is 10.2. The molecule has 0 radical (unpaired) electrons. The van der Waals surface area contributed by atoms with Crippen molar-refractivity contribution in [2.24, 2.45) is 0 Å². The molecule has 0 spiro atoms. The molecule has 0 fully saturated rings. The van der Waals surface area contributed by atoms with E-state index in [1.165, 1.54) is 32.9 Å². The average molecular weight is 426 g/mol. The fraction of sp³-hybridized carbons (Fsp3) is 0.143. The van der Waals surface area contributed by atoms with Crippen molar-refractivity contribution in [3.05, 3.63) is 109 Å². The molecule has 4 unspecified atom stereocenters. The van der Waals surface area contributed by atoms with Gasteiger partial charge in [-0.15, -0.1) is 0 Å². The van der Waals surface area contributed by atoms with Crippen LogP contribution in [-0.4, -0.2) is 11.3 Å². The summed E-state index contributed by atoms with van der Waals surface area (Å²) in [6, 6.07) is 39.4. The van der Waals surface area contributed by atoms with Gasteiger partial charge in [0, 0.05) is 0 Å². The Morgan fingerprint density at radius 3 is 1.17 bits per heavy atom. The smallest absolute Gasteiger partial charge is 0.0110 e. The van der Waals surface area contributed by atoms with E-state index in [1.807, 2.05) is 0 Å². The molecule has 4 aromatic rings. The second-order valence-corrected chi connectivity index (χ2v) is 11.2. The van der Waals surface area contributed by atoms with Gasteiger partial charge in [-0.2, -0.15) is 0 Å². The zero-order valence-corrected chi connectivity index (χ0v) is 19.5. The highest BCUT2D eigenvalue weighted by molar-refractivity contribution is 7.52. The van der Waals surface area contributed by atoms with E-state index in [2.05, 4.69) is 123 Å². The normalized spacial score (nSPS) is 13.8. The van der Waals surface area contributed by atoms with Crippen LogP contribution in [0.1, 0.15) is 13.8 Å². The number of benzene rings is 4. The molecule has 0 N–H and O–H groups in total. The topological polar surface area (TPSA) is 0 Å². The maximum absolute atomic E-state index is 2.42. The van der Waals surface area contributed by atoms with E-state index in [-0.39, 0.29) is 0 Å². The standard InChI is InChI=1S/C28H28P2/c1-21(29-27-19-11-9-17-25(27)23-13-5-3-6-14-23)22(2)30-28-20-12-10-18-26(28)24-15-7-4-8-16-24/h3-22,29-30H,1-2H3. The van der Waals surface area contributed by atoms with E-state index in [0.29, 0.717) is 11.3 Å². The van der Waals surface area contributed by atoms with Crippen LogP contribution >= 0.6 is 17.2 Å². The Morgan fingerprint density at radius 2 is 0.767 bits per heavy atom. The predicted octanol–water partition coefficient (Wildman–Crippen LogP) is 7.11. The Hall–Kier alpha value is -2.26. The first-order valence-electron chi connectivity index (χ1n) is 10.5. The summed E-state index contributed by atoms with van der Waals surface area (Å²) in [5, 5.41) is 2.95. The van der Waals surface area contributed by atoms with Gasteiger partial charge in [-0.05, 0) is 44.2 Å². The fourth-order valence-corrected chi connectivity index (χ4v) is 6.83. The lowest BCUT2D eigenvalue weighted by atomic mass is 10.1. The second-order valence-electron chi connectivity index (χ2n) is 7.69. The maximum atomic E-state index is 2.42. The van der Waals surface area contributed by atoms with E-state index in [9.17, 15) is 0 Å². The molecule has 4 atom stereocenters. The third-order valence-electron chi connectivity index (χ3n) is 5.54. The Morgan fingerprint density at radius 1 is 0.433 bits per heavy atom. The molecule has 0 aromatic heterocycles.